The van der Waals surface area contributed by atoms with Crippen LogP contribution in [0.1, 0.15) is 0 Å². The Balaban J connectivity index is 1.08. The van der Waals surface area contributed by atoms with E-state index in [-0.39, 0.29) is 0 Å². The molecule has 0 radical (unpaired) electrons. The lowest BCUT2D eigenvalue weighted by atomic mass is 9.93. The molecule has 4 aromatic heterocycles. The zero-order valence-electron chi connectivity index (χ0n) is 34.7. The van der Waals surface area contributed by atoms with Crippen LogP contribution in [0.15, 0.2) is 206 Å². The lowest BCUT2D eigenvalue weighted by Crippen LogP contribution is -2.02. The van der Waals surface area contributed by atoms with Crippen LogP contribution in [0.5, 0.6) is 0 Å². The first-order valence-electron chi connectivity index (χ1n) is 21.8. The first-order valence-corrected chi connectivity index (χ1v) is 23.5. The summed E-state index contributed by atoms with van der Waals surface area (Å²) in [5.41, 5.74) is 8.50. The molecule has 65 heavy (non-hydrogen) atoms. The number of hydrogen-bond acceptors (Lipinski definition) is 5. The highest BCUT2D eigenvalue weighted by molar-refractivity contribution is 7.27. The van der Waals surface area contributed by atoms with E-state index in [0.717, 1.165) is 39.0 Å². The van der Waals surface area contributed by atoms with Crippen LogP contribution in [0.2, 0.25) is 0 Å². The SMILES string of the molecule is c1ccc(-c2nc(-c3ccc(-n4c5ccccc5c5cc6ccccc6cc54)c(-c4cc5ccccc5c5sc6ccccc6c45)c3)nc(-c3ccc4sc5ccccc5c4c3)n2)cc1. The van der Waals surface area contributed by atoms with Crippen molar-refractivity contribution in [3.63, 3.8) is 0 Å². The molecule has 0 N–H and O–H groups in total. The Labute approximate surface area is 381 Å². The number of fused-ring (bicyclic) bond motifs is 12. The van der Waals surface area contributed by atoms with Crippen LogP contribution >= 0.6 is 22.7 Å². The van der Waals surface area contributed by atoms with Gasteiger partial charge in [0.15, 0.2) is 17.5 Å². The second kappa shape index (κ2) is 14.2. The third-order valence-electron chi connectivity index (χ3n) is 13.0. The van der Waals surface area contributed by atoms with Crippen molar-refractivity contribution in [1.82, 2.24) is 19.5 Å². The fourth-order valence-corrected chi connectivity index (χ4v) is 12.3. The Kier molecular flexibility index (Phi) is 7.99. The van der Waals surface area contributed by atoms with Crippen molar-refractivity contribution in [3.8, 4) is 51.0 Å². The van der Waals surface area contributed by atoms with Gasteiger partial charge in [-0.1, -0.05) is 133 Å². The Morgan fingerprint density at radius 3 is 1.71 bits per heavy atom. The molecule has 4 heterocycles. The molecule has 14 rings (SSSR count). The van der Waals surface area contributed by atoms with Crippen LogP contribution in [-0.4, -0.2) is 19.5 Å². The number of rotatable bonds is 5. The van der Waals surface area contributed by atoms with Gasteiger partial charge in [0.25, 0.3) is 0 Å². The molecule has 0 aliphatic carbocycles. The summed E-state index contributed by atoms with van der Waals surface area (Å²) in [4.78, 5) is 15.8. The van der Waals surface area contributed by atoms with Gasteiger partial charge in [0.1, 0.15) is 0 Å². The molecule has 6 heteroatoms. The quantitative estimate of drug-likeness (QED) is 0.173. The molecule has 10 aromatic carbocycles. The highest BCUT2D eigenvalue weighted by Gasteiger charge is 2.23. The molecule has 0 saturated heterocycles. The van der Waals surface area contributed by atoms with E-state index in [2.05, 4.69) is 193 Å². The average molecular weight is 863 g/mol. The normalized spacial score (nSPS) is 12.0. The van der Waals surface area contributed by atoms with E-state index in [1.807, 2.05) is 40.9 Å². The topological polar surface area (TPSA) is 43.6 Å². The molecule has 0 spiro atoms. The molecule has 0 atom stereocenters. The van der Waals surface area contributed by atoms with Crippen LogP contribution in [0, 0.1) is 0 Å². The van der Waals surface area contributed by atoms with Crippen molar-refractivity contribution in [2.24, 2.45) is 0 Å². The summed E-state index contributed by atoms with van der Waals surface area (Å²) in [6, 6.07) is 74.6. The van der Waals surface area contributed by atoms with Gasteiger partial charge in [-0.25, -0.2) is 15.0 Å². The molecule has 14 aromatic rings. The maximum atomic E-state index is 5.36. The van der Waals surface area contributed by atoms with E-state index >= 15 is 0 Å². The summed E-state index contributed by atoms with van der Waals surface area (Å²) in [6.45, 7) is 0. The molecule has 0 fully saturated rings. The van der Waals surface area contributed by atoms with Gasteiger partial charge in [-0.3, -0.25) is 0 Å². The van der Waals surface area contributed by atoms with Crippen molar-refractivity contribution in [2.45, 2.75) is 0 Å². The zero-order chi connectivity index (χ0) is 42.6. The van der Waals surface area contributed by atoms with Gasteiger partial charge in [0, 0.05) is 73.4 Å². The number of aromatic nitrogens is 4. The van der Waals surface area contributed by atoms with Gasteiger partial charge in [-0.2, -0.15) is 0 Å². The van der Waals surface area contributed by atoms with Crippen LogP contribution in [0.3, 0.4) is 0 Å². The van der Waals surface area contributed by atoms with Gasteiger partial charge < -0.3 is 4.57 Å². The van der Waals surface area contributed by atoms with Crippen molar-refractivity contribution >= 4 is 106 Å². The highest BCUT2D eigenvalue weighted by Crippen LogP contribution is 2.47. The maximum absolute atomic E-state index is 5.36. The van der Waals surface area contributed by atoms with Crippen molar-refractivity contribution in [3.05, 3.63) is 206 Å². The number of para-hydroxylation sites is 1. The molecule has 302 valence electrons. The number of benzene rings is 10. The van der Waals surface area contributed by atoms with E-state index in [4.69, 9.17) is 15.0 Å². The van der Waals surface area contributed by atoms with Gasteiger partial charge in [0.2, 0.25) is 0 Å². The van der Waals surface area contributed by atoms with Crippen molar-refractivity contribution in [1.29, 1.82) is 0 Å². The largest absolute Gasteiger partial charge is 0.309 e. The summed E-state index contributed by atoms with van der Waals surface area (Å²) >= 11 is 3.69. The van der Waals surface area contributed by atoms with E-state index in [1.54, 1.807) is 0 Å². The van der Waals surface area contributed by atoms with Gasteiger partial charge in [0.05, 0.1) is 16.7 Å². The Hall–Kier alpha value is -8.03. The molecular weight excluding hydrogens is 829 g/mol. The fourth-order valence-electron chi connectivity index (χ4n) is 9.99. The van der Waals surface area contributed by atoms with Gasteiger partial charge in [-0.15, -0.1) is 22.7 Å². The number of nitrogens with zero attached hydrogens (tertiary/aromatic N) is 4. The fraction of sp³-hybridized carbons (Fsp3) is 0. The molecule has 0 aliphatic heterocycles. The smallest absolute Gasteiger partial charge is 0.164 e. The number of thiophene rings is 2. The Bertz CT molecular complexity index is 4250. The maximum Gasteiger partial charge on any atom is 0.164 e. The molecule has 0 unspecified atom stereocenters. The van der Waals surface area contributed by atoms with Gasteiger partial charge in [-0.05, 0) is 99.9 Å². The molecule has 0 saturated carbocycles. The predicted molar refractivity (Wildman–Crippen MR) is 277 cm³/mol. The van der Waals surface area contributed by atoms with Crippen LogP contribution < -0.4 is 0 Å². The van der Waals surface area contributed by atoms with Crippen molar-refractivity contribution in [2.75, 3.05) is 0 Å². The highest BCUT2D eigenvalue weighted by atomic mass is 32.1. The predicted octanol–water partition coefficient (Wildman–Crippen LogP) is 16.7. The molecular formula is C59H34N4S2. The lowest BCUT2D eigenvalue weighted by Gasteiger charge is -2.18. The minimum atomic E-state index is 0.623. The molecule has 0 amide bonds. The van der Waals surface area contributed by atoms with Gasteiger partial charge >= 0.3 is 0 Å². The molecule has 4 nitrogen and oxygen atoms in total. The standard InChI is InChI=1S/C59H34N4S2/c1-2-14-35(15-3-1)57-60-58(62-59(61-57)40-27-29-54-47(33-40)43-21-9-12-24-52(43)64-54)39-26-28-50(63-49-23-11-8-20-42(49)45-30-36-16-4-5-17-37(36)34-51(45)63)46(32-39)48-31-38-18-6-7-19-41(38)56-55(48)44-22-10-13-25-53(44)65-56/h1-34H. The third kappa shape index (κ3) is 5.71. The third-order valence-corrected chi connectivity index (χ3v) is 15.4. The summed E-state index contributed by atoms with van der Waals surface area (Å²) in [6.07, 6.45) is 0. The Morgan fingerprint density at radius 2 is 0.908 bits per heavy atom. The lowest BCUT2D eigenvalue weighted by molar-refractivity contribution is 1.07. The van der Waals surface area contributed by atoms with E-state index < -0.39 is 0 Å². The molecule has 0 bridgehead atoms. The first kappa shape index (κ1) is 36.5. The summed E-state index contributed by atoms with van der Waals surface area (Å²) in [5.74, 6) is 1.90. The molecule has 0 aliphatic rings. The van der Waals surface area contributed by atoms with E-state index in [0.29, 0.717) is 17.5 Å². The summed E-state index contributed by atoms with van der Waals surface area (Å²) in [5, 5.41) is 12.3. The number of hydrogen-bond donors (Lipinski definition) is 0. The average Bonchev–Trinajstić information content (AvgIpc) is 4.05. The second-order valence-electron chi connectivity index (χ2n) is 16.7. The second-order valence-corrected chi connectivity index (χ2v) is 18.9. The first-order chi connectivity index (χ1) is 32.2. The summed E-state index contributed by atoms with van der Waals surface area (Å²) < 4.78 is 7.54. The van der Waals surface area contributed by atoms with E-state index in [1.165, 1.54) is 78.2 Å². The van der Waals surface area contributed by atoms with E-state index in [9.17, 15) is 0 Å². The zero-order valence-corrected chi connectivity index (χ0v) is 36.4. The van der Waals surface area contributed by atoms with Crippen LogP contribution in [0.25, 0.3) is 135 Å². The Morgan fingerprint density at radius 1 is 0.323 bits per heavy atom. The van der Waals surface area contributed by atoms with Crippen LogP contribution in [-0.2, 0) is 0 Å². The summed E-state index contributed by atoms with van der Waals surface area (Å²) in [7, 11) is 0. The monoisotopic (exact) mass is 862 g/mol. The van der Waals surface area contributed by atoms with Crippen molar-refractivity contribution < 1.29 is 0 Å². The minimum absolute atomic E-state index is 0.623. The van der Waals surface area contributed by atoms with Crippen LogP contribution in [0.4, 0.5) is 0 Å². The minimum Gasteiger partial charge on any atom is -0.309 e.